The Morgan fingerprint density at radius 1 is 0.967 bits per heavy atom. The predicted molar refractivity (Wildman–Crippen MR) is 115 cm³/mol. The van der Waals surface area contributed by atoms with Crippen molar-refractivity contribution in [1.29, 1.82) is 5.26 Å². The van der Waals surface area contributed by atoms with E-state index in [0.29, 0.717) is 49.7 Å². The first kappa shape index (κ1) is 19.3. The third-order valence-electron chi connectivity index (χ3n) is 4.37. The first-order valence-corrected chi connectivity index (χ1v) is 9.50. The number of aromatic nitrogens is 3. The van der Waals surface area contributed by atoms with Crippen LogP contribution in [0.15, 0.2) is 59.7 Å². The molecule has 0 atom stereocenters. The summed E-state index contributed by atoms with van der Waals surface area (Å²) >= 11 is 0. The third kappa shape index (κ3) is 5.06. The van der Waals surface area contributed by atoms with Crippen LogP contribution in [0.3, 0.4) is 0 Å². The lowest BCUT2D eigenvalue weighted by Gasteiger charge is -2.27. The Kier molecular flexibility index (Phi) is 6.08. The molecule has 0 spiro atoms. The number of nitriles is 1. The zero-order valence-electron chi connectivity index (χ0n) is 16.2. The molecule has 0 unspecified atom stereocenters. The van der Waals surface area contributed by atoms with Crippen LogP contribution in [0.5, 0.6) is 0 Å². The summed E-state index contributed by atoms with van der Waals surface area (Å²) in [5, 5.41) is 16.3. The number of hydrazone groups is 1. The highest BCUT2D eigenvalue weighted by Crippen LogP contribution is 2.18. The standard InChI is InChI=1S/C21H20N8O/c22-14-16-6-8-17(9-7-16)15-23-28-20-25-19(24-18-4-2-1-3-5-18)26-21(27-20)29-10-12-30-13-11-29/h1-9,15H,10-13H2,(H2,24,25,26,27,28)/b23-15+. The number of anilines is 4. The van der Waals surface area contributed by atoms with E-state index >= 15 is 0 Å². The van der Waals surface area contributed by atoms with Gasteiger partial charge in [0.1, 0.15) is 0 Å². The average Bonchev–Trinajstić information content (AvgIpc) is 2.81. The quantitative estimate of drug-likeness (QED) is 0.480. The Balaban J connectivity index is 1.54. The number of morpholine rings is 1. The Labute approximate surface area is 174 Å². The number of rotatable bonds is 6. The van der Waals surface area contributed by atoms with Crippen LogP contribution in [0, 0.1) is 11.3 Å². The predicted octanol–water partition coefficient (Wildman–Crippen LogP) is 2.77. The van der Waals surface area contributed by atoms with Gasteiger partial charge < -0.3 is 15.0 Å². The largest absolute Gasteiger partial charge is 0.378 e. The van der Waals surface area contributed by atoms with Crippen LogP contribution in [-0.4, -0.2) is 47.5 Å². The van der Waals surface area contributed by atoms with E-state index in [-0.39, 0.29) is 0 Å². The maximum Gasteiger partial charge on any atom is 0.250 e. The fourth-order valence-corrected chi connectivity index (χ4v) is 2.83. The Hall–Kier alpha value is -4.03. The van der Waals surface area contributed by atoms with E-state index in [4.69, 9.17) is 10.00 Å². The Morgan fingerprint density at radius 2 is 1.70 bits per heavy atom. The summed E-state index contributed by atoms with van der Waals surface area (Å²) in [7, 11) is 0. The summed E-state index contributed by atoms with van der Waals surface area (Å²) in [6.45, 7) is 2.69. The van der Waals surface area contributed by atoms with Crippen molar-refractivity contribution in [2.75, 3.05) is 41.9 Å². The molecule has 2 N–H and O–H groups in total. The van der Waals surface area contributed by atoms with Crippen LogP contribution in [0.2, 0.25) is 0 Å². The maximum absolute atomic E-state index is 8.88. The molecule has 1 aliphatic rings. The maximum atomic E-state index is 8.88. The van der Waals surface area contributed by atoms with E-state index in [0.717, 1.165) is 11.3 Å². The van der Waals surface area contributed by atoms with E-state index in [1.54, 1.807) is 18.3 Å². The zero-order chi connectivity index (χ0) is 20.6. The molecular formula is C21H20N8O. The van der Waals surface area contributed by atoms with Gasteiger partial charge in [-0.15, -0.1) is 0 Å². The van der Waals surface area contributed by atoms with Crippen molar-refractivity contribution in [2.45, 2.75) is 0 Å². The van der Waals surface area contributed by atoms with Gasteiger partial charge in [0, 0.05) is 18.8 Å². The Bertz CT molecular complexity index is 1040. The van der Waals surface area contributed by atoms with Crippen molar-refractivity contribution in [3.8, 4) is 6.07 Å². The minimum Gasteiger partial charge on any atom is -0.378 e. The summed E-state index contributed by atoms with van der Waals surface area (Å²) < 4.78 is 5.42. The second kappa shape index (κ2) is 9.45. The van der Waals surface area contributed by atoms with Crippen LogP contribution < -0.4 is 15.6 Å². The molecule has 1 aliphatic heterocycles. The molecule has 9 heteroatoms. The van der Waals surface area contributed by atoms with Gasteiger partial charge in [-0.2, -0.15) is 25.3 Å². The highest BCUT2D eigenvalue weighted by Gasteiger charge is 2.16. The molecule has 3 aromatic rings. The molecular weight excluding hydrogens is 380 g/mol. The van der Waals surface area contributed by atoms with Gasteiger partial charge in [0.15, 0.2) is 0 Å². The summed E-state index contributed by atoms with van der Waals surface area (Å²) in [6, 6.07) is 18.9. The number of hydrogen-bond acceptors (Lipinski definition) is 9. The molecule has 0 amide bonds. The van der Waals surface area contributed by atoms with Crippen molar-refractivity contribution >= 4 is 29.7 Å². The van der Waals surface area contributed by atoms with E-state index in [1.807, 2.05) is 42.5 Å². The second-order valence-corrected chi connectivity index (χ2v) is 6.48. The SMILES string of the molecule is N#Cc1ccc(/C=N/Nc2nc(Nc3ccccc3)nc(N3CCOCC3)n2)cc1. The van der Waals surface area contributed by atoms with Crippen LogP contribution >= 0.6 is 0 Å². The number of nitrogens with zero attached hydrogens (tertiary/aromatic N) is 6. The minimum absolute atomic E-state index is 0.329. The number of nitrogens with one attached hydrogen (secondary N) is 2. The summed E-state index contributed by atoms with van der Waals surface area (Å²) in [6.07, 6.45) is 1.64. The fraction of sp³-hybridized carbons (Fsp3) is 0.190. The van der Waals surface area contributed by atoms with Gasteiger partial charge in [-0.05, 0) is 29.8 Å². The van der Waals surface area contributed by atoms with Crippen molar-refractivity contribution in [2.24, 2.45) is 5.10 Å². The van der Waals surface area contributed by atoms with Crippen molar-refractivity contribution in [3.63, 3.8) is 0 Å². The monoisotopic (exact) mass is 400 g/mol. The minimum atomic E-state index is 0.329. The third-order valence-corrected chi connectivity index (χ3v) is 4.37. The van der Waals surface area contributed by atoms with Crippen LogP contribution in [0.4, 0.5) is 23.5 Å². The lowest BCUT2D eigenvalue weighted by molar-refractivity contribution is 0.122. The fourth-order valence-electron chi connectivity index (χ4n) is 2.83. The summed E-state index contributed by atoms with van der Waals surface area (Å²) in [5.74, 6) is 1.31. The van der Waals surface area contributed by atoms with Gasteiger partial charge in [0.25, 0.3) is 0 Å². The molecule has 0 aliphatic carbocycles. The van der Waals surface area contributed by atoms with Gasteiger partial charge in [0.05, 0.1) is 31.1 Å². The summed E-state index contributed by atoms with van der Waals surface area (Å²) in [5.41, 5.74) is 5.20. The first-order valence-electron chi connectivity index (χ1n) is 9.50. The summed E-state index contributed by atoms with van der Waals surface area (Å²) in [4.78, 5) is 15.5. The zero-order valence-corrected chi connectivity index (χ0v) is 16.2. The average molecular weight is 400 g/mol. The Morgan fingerprint density at radius 3 is 2.43 bits per heavy atom. The molecule has 2 aromatic carbocycles. The van der Waals surface area contributed by atoms with Gasteiger partial charge in [-0.25, -0.2) is 5.43 Å². The molecule has 0 bridgehead atoms. The highest BCUT2D eigenvalue weighted by molar-refractivity contribution is 5.80. The van der Waals surface area contributed by atoms with Crippen LogP contribution in [-0.2, 0) is 4.74 Å². The molecule has 2 heterocycles. The van der Waals surface area contributed by atoms with E-state index in [9.17, 15) is 0 Å². The highest BCUT2D eigenvalue weighted by atomic mass is 16.5. The lowest BCUT2D eigenvalue weighted by Crippen LogP contribution is -2.37. The number of ether oxygens (including phenoxy) is 1. The number of benzene rings is 2. The van der Waals surface area contributed by atoms with Gasteiger partial charge in [-0.3, -0.25) is 0 Å². The van der Waals surface area contributed by atoms with Gasteiger partial charge in [-0.1, -0.05) is 30.3 Å². The molecule has 1 fully saturated rings. The number of para-hydroxylation sites is 1. The van der Waals surface area contributed by atoms with Crippen molar-refractivity contribution < 1.29 is 4.74 Å². The molecule has 1 saturated heterocycles. The van der Waals surface area contributed by atoms with E-state index in [2.05, 4.69) is 41.8 Å². The molecule has 0 saturated carbocycles. The van der Waals surface area contributed by atoms with Crippen LogP contribution in [0.1, 0.15) is 11.1 Å². The van der Waals surface area contributed by atoms with Gasteiger partial charge in [0.2, 0.25) is 17.8 Å². The molecule has 9 nitrogen and oxygen atoms in total. The van der Waals surface area contributed by atoms with Crippen molar-refractivity contribution in [1.82, 2.24) is 15.0 Å². The molecule has 30 heavy (non-hydrogen) atoms. The van der Waals surface area contributed by atoms with Crippen molar-refractivity contribution in [3.05, 3.63) is 65.7 Å². The molecule has 0 radical (unpaired) electrons. The smallest absolute Gasteiger partial charge is 0.250 e. The first-order chi connectivity index (χ1) is 14.8. The molecule has 4 rings (SSSR count). The van der Waals surface area contributed by atoms with Crippen LogP contribution in [0.25, 0.3) is 0 Å². The second-order valence-electron chi connectivity index (χ2n) is 6.48. The van der Waals surface area contributed by atoms with E-state index in [1.165, 1.54) is 0 Å². The molecule has 150 valence electrons. The normalized spacial score (nSPS) is 13.8. The molecule has 1 aromatic heterocycles. The lowest BCUT2D eigenvalue weighted by atomic mass is 10.2. The van der Waals surface area contributed by atoms with Gasteiger partial charge >= 0.3 is 0 Å². The topological polar surface area (TPSA) is 111 Å². The van der Waals surface area contributed by atoms with E-state index < -0.39 is 0 Å². The number of hydrogen-bond donors (Lipinski definition) is 2.